The third kappa shape index (κ3) is 5.74. The molecule has 1 heterocycles. The highest BCUT2D eigenvalue weighted by atomic mass is 16.6. The van der Waals surface area contributed by atoms with E-state index in [1.807, 2.05) is 0 Å². The van der Waals surface area contributed by atoms with Crippen molar-refractivity contribution in [3.63, 3.8) is 0 Å². The second-order valence-electron chi connectivity index (χ2n) is 8.12. The van der Waals surface area contributed by atoms with Gasteiger partial charge in [-0.15, -0.1) is 0 Å². The van der Waals surface area contributed by atoms with Crippen molar-refractivity contribution in [2.24, 2.45) is 0 Å². The maximum Gasteiger partial charge on any atom is 0.337 e. The molecule has 12 nitrogen and oxygen atoms in total. The van der Waals surface area contributed by atoms with E-state index in [0.717, 1.165) is 4.90 Å². The van der Waals surface area contributed by atoms with Gasteiger partial charge in [0, 0.05) is 23.8 Å². The summed E-state index contributed by atoms with van der Waals surface area (Å²) in [5, 5.41) is 13.2. The number of benzene rings is 3. The monoisotopic (exact) mass is 531 g/mol. The highest BCUT2D eigenvalue weighted by Gasteiger charge is 2.37. The Balaban J connectivity index is 1.66. The first-order chi connectivity index (χ1) is 18.7. The summed E-state index contributed by atoms with van der Waals surface area (Å²) in [6.07, 6.45) is 1.27. The molecule has 0 unspecified atom stereocenters. The molecule has 3 aromatic carbocycles. The lowest BCUT2D eigenvalue weighted by atomic mass is 10.1. The van der Waals surface area contributed by atoms with E-state index in [0.29, 0.717) is 16.9 Å². The fourth-order valence-electron chi connectivity index (χ4n) is 3.72. The average Bonchev–Trinajstić information content (AvgIpc) is 2.94. The standard InChI is InChI=1S/C27H21N3O9/c1-37-21-11-8-18(23(14-21)39-15-16-4-3-5-20(12-16)30(35)36)13-22-24(31)28-27(34)29(25(22)32)19-9-6-17(7-10-19)26(33)38-2/h3-14H,15H2,1-2H3,(H,28,31,34)/b22-13+. The summed E-state index contributed by atoms with van der Waals surface area (Å²) in [6.45, 7) is -0.0533. The maximum atomic E-state index is 13.3. The van der Waals surface area contributed by atoms with Crippen LogP contribution in [-0.2, 0) is 20.9 Å². The number of methoxy groups -OCH3 is 2. The number of hydrogen-bond acceptors (Lipinski definition) is 9. The number of anilines is 1. The average molecular weight is 531 g/mol. The maximum absolute atomic E-state index is 13.3. The first-order valence-electron chi connectivity index (χ1n) is 11.4. The minimum Gasteiger partial charge on any atom is -0.497 e. The lowest BCUT2D eigenvalue weighted by molar-refractivity contribution is -0.384. The molecule has 198 valence electrons. The molecule has 12 heteroatoms. The number of nitrogens with one attached hydrogen (secondary N) is 1. The number of nitro benzene ring substituents is 1. The number of imide groups is 2. The molecule has 1 aliphatic heterocycles. The number of barbiturate groups is 1. The van der Waals surface area contributed by atoms with Crippen LogP contribution in [0.5, 0.6) is 11.5 Å². The number of ether oxygens (including phenoxy) is 3. The number of esters is 1. The fourth-order valence-corrected chi connectivity index (χ4v) is 3.72. The van der Waals surface area contributed by atoms with Gasteiger partial charge in [-0.2, -0.15) is 0 Å². The van der Waals surface area contributed by atoms with Crippen molar-refractivity contribution in [2.75, 3.05) is 19.1 Å². The Labute approximate surface area is 221 Å². The SMILES string of the molecule is COC(=O)c1ccc(N2C(=O)NC(=O)/C(=C\c3ccc(OC)cc3OCc3cccc([N+](=O)[O-])c3)C2=O)cc1. The lowest BCUT2D eigenvalue weighted by Gasteiger charge is -2.26. The summed E-state index contributed by atoms with van der Waals surface area (Å²) in [5.74, 6) is -1.75. The molecule has 0 bridgehead atoms. The number of hydrogen-bond donors (Lipinski definition) is 1. The minimum absolute atomic E-state index is 0.0533. The number of nitro groups is 1. The molecule has 0 atom stereocenters. The molecular weight excluding hydrogens is 510 g/mol. The molecular formula is C27H21N3O9. The van der Waals surface area contributed by atoms with Gasteiger partial charge < -0.3 is 14.2 Å². The van der Waals surface area contributed by atoms with Gasteiger partial charge in [-0.25, -0.2) is 14.5 Å². The molecule has 4 rings (SSSR count). The van der Waals surface area contributed by atoms with Gasteiger partial charge in [0.15, 0.2) is 0 Å². The summed E-state index contributed by atoms with van der Waals surface area (Å²) in [4.78, 5) is 61.5. The largest absolute Gasteiger partial charge is 0.497 e. The van der Waals surface area contributed by atoms with Crippen LogP contribution in [0.15, 0.2) is 72.3 Å². The number of urea groups is 1. The zero-order valence-corrected chi connectivity index (χ0v) is 20.7. The van der Waals surface area contributed by atoms with Crippen LogP contribution in [0, 0.1) is 10.1 Å². The lowest BCUT2D eigenvalue weighted by Crippen LogP contribution is -2.54. The van der Waals surface area contributed by atoms with E-state index in [4.69, 9.17) is 9.47 Å². The summed E-state index contributed by atoms with van der Waals surface area (Å²) >= 11 is 0. The Kier molecular flexibility index (Phi) is 7.66. The Morgan fingerprint density at radius 2 is 1.77 bits per heavy atom. The van der Waals surface area contributed by atoms with Crippen molar-refractivity contribution in [3.8, 4) is 11.5 Å². The van der Waals surface area contributed by atoms with Gasteiger partial charge in [-0.05, 0) is 48.0 Å². The topological polar surface area (TPSA) is 154 Å². The van der Waals surface area contributed by atoms with Crippen molar-refractivity contribution < 1.29 is 38.3 Å². The molecule has 0 saturated carbocycles. The number of non-ortho nitro benzene ring substituents is 1. The van der Waals surface area contributed by atoms with Crippen molar-refractivity contribution in [2.45, 2.75) is 6.61 Å². The van der Waals surface area contributed by atoms with Gasteiger partial charge in [-0.1, -0.05) is 12.1 Å². The third-order valence-corrected chi connectivity index (χ3v) is 5.68. The molecule has 0 aliphatic carbocycles. The Hall–Kier alpha value is -5.52. The quantitative estimate of drug-likeness (QED) is 0.151. The van der Waals surface area contributed by atoms with Crippen molar-refractivity contribution in [1.82, 2.24) is 5.32 Å². The van der Waals surface area contributed by atoms with Gasteiger partial charge in [0.1, 0.15) is 23.7 Å². The Bertz CT molecular complexity index is 1510. The molecule has 1 saturated heterocycles. The van der Waals surface area contributed by atoms with Crippen molar-refractivity contribution in [3.05, 3.63) is 99.1 Å². The zero-order valence-electron chi connectivity index (χ0n) is 20.7. The zero-order chi connectivity index (χ0) is 28.1. The highest BCUT2D eigenvalue weighted by molar-refractivity contribution is 6.39. The van der Waals surface area contributed by atoms with Crippen LogP contribution < -0.4 is 19.7 Å². The first-order valence-corrected chi connectivity index (χ1v) is 11.4. The van der Waals surface area contributed by atoms with E-state index in [1.165, 1.54) is 68.8 Å². The predicted molar refractivity (Wildman–Crippen MR) is 137 cm³/mol. The molecule has 1 fully saturated rings. The molecule has 3 aromatic rings. The number of nitrogens with zero attached hydrogens (tertiary/aromatic N) is 2. The van der Waals surface area contributed by atoms with E-state index in [-0.39, 0.29) is 34.9 Å². The van der Waals surface area contributed by atoms with Crippen LogP contribution in [0.4, 0.5) is 16.2 Å². The molecule has 4 amide bonds. The summed E-state index contributed by atoms with van der Waals surface area (Å²) in [7, 11) is 2.67. The third-order valence-electron chi connectivity index (χ3n) is 5.68. The summed E-state index contributed by atoms with van der Waals surface area (Å²) in [5.41, 5.74) is 0.719. The Morgan fingerprint density at radius 1 is 1.03 bits per heavy atom. The summed E-state index contributed by atoms with van der Waals surface area (Å²) < 4.78 is 15.8. The molecule has 1 N–H and O–H groups in total. The predicted octanol–water partition coefficient (Wildman–Crippen LogP) is 3.64. The van der Waals surface area contributed by atoms with Crippen LogP contribution in [-0.4, -0.2) is 43.0 Å². The van der Waals surface area contributed by atoms with E-state index < -0.39 is 28.7 Å². The van der Waals surface area contributed by atoms with Crippen molar-refractivity contribution in [1.29, 1.82) is 0 Å². The van der Waals surface area contributed by atoms with Crippen LogP contribution in [0.3, 0.4) is 0 Å². The van der Waals surface area contributed by atoms with Crippen molar-refractivity contribution >= 4 is 41.3 Å². The van der Waals surface area contributed by atoms with E-state index in [2.05, 4.69) is 10.1 Å². The number of rotatable bonds is 8. The van der Waals surface area contributed by atoms with Gasteiger partial charge in [0.2, 0.25) is 0 Å². The molecule has 39 heavy (non-hydrogen) atoms. The van der Waals surface area contributed by atoms with Crippen LogP contribution >= 0.6 is 0 Å². The normalized spacial score (nSPS) is 14.2. The van der Waals surface area contributed by atoms with E-state index in [9.17, 15) is 29.3 Å². The van der Waals surface area contributed by atoms with Gasteiger partial charge in [0.25, 0.3) is 17.5 Å². The van der Waals surface area contributed by atoms with E-state index >= 15 is 0 Å². The smallest absolute Gasteiger partial charge is 0.337 e. The second kappa shape index (κ2) is 11.3. The first kappa shape index (κ1) is 26.5. The second-order valence-corrected chi connectivity index (χ2v) is 8.12. The van der Waals surface area contributed by atoms with Crippen LogP contribution in [0.1, 0.15) is 21.5 Å². The van der Waals surface area contributed by atoms with Crippen LogP contribution in [0.25, 0.3) is 6.08 Å². The van der Waals surface area contributed by atoms with Gasteiger partial charge >= 0.3 is 12.0 Å². The molecule has 0 spiro atoms. The summed E-state index contributed by atoms with van der Waals surface area (Å²) in [6, 6.07) is 15.1. The van der Waals surface area contributed by atoms with Crippen LogP contribution in [0.2, 0.25) is 0 Å². The highest BCUT2D eigenvalue weighted by Crippen LogP contribution is 2.30. The van der Waals surface area contributed by atoms with Gasteiger partial charge in [-0.3, -0.25) is 25.0 Å². The number of carbonyl (C=O) groups excluding carboxylic acids is 4. The fraction of sp³-hybridized carbons (Fsp3) is 0.111. The minimum atomic E-state index is -0.954. The molecule has 0 aromatic heterocycles. The van der Waals surface area contributed by atoms with E-state index in [1.54, 1.807) is 18.2 Å². The Morgan fingerprint density at radius 3 is 2.44 bits per heavy atom. The van der Waals surface area contributed by atoms with Gasteiger partial charge in [0.05, 0.1) is 30.4 Å². The number of carbonyl (C=O) groups is 4. The number of amides is 4. The molecule has 0 radical (unpaired) electrons. The molecule has 1 aliphatic rings.